The van der Waals surface area contributed by atoms with E-state index in [0.29, 0.717) is 0 Å². The molecule has 0 fully saturated rings. The van der Waals surface area contributed by atoms with Gasteiger partial charge in [0.15, 0.2) is 0 Å². The second-order valence-electron chi connectivity index (χ2n) is 10.6. The molecule has 1 aliphatic heterocycles. The van der Waals surface area contributed by atoms with E-state index in [4.69, 9.17) is 0 Å². The summed E-state index contributed by atoms with van der Waals surface area (Å²) in [6.07, 6.45) is 0. The first kappa shape index (κ1) is 19.2. The van der Waals surface area contributed by atoms with Crippen molar-refractivity contribution in [2.24, 2.45) is 0 Å². The Kier molecular flexibility index (Phi) is 3.47. The van der Waals surface area contributed by atoms with Crippen LogP contribution in [0.15, 0.2) is 109 Å². The normalized spacial score (nSPS) is 16.4. The van der Waals surface area contributed by atoms with E-state index in [9.17, 15) is 0 Å². The lowest BCUT2D eigenvalue weighted by atomic mass is 9.64. The smallest absolute Gasteiger partial charge is 0.0753 e. The van der Waals surface area contributed by atoms with Gasteiger partial charge in [-0.05, 0) is 73.8 Å². The predicted molar refractivity (Wildman–Crippen MR) is 145 cm³/mol. The molecule has 3 aliphatic rings. The maximum Gasteiger partial charge on any atom is 0.0753 e. The monoisotopic (exact) mass is 447 g/mol. The Morgan fingerprint density at radius 3 is 1.57 bits per heavy atom. The van der Waals surface area contributed by atoms with Gasteiger partial charge in [0.25, 0.3) is 0 Å². The molecule has 1 nitrogen and oxygen atoms in total. The summed E-state index contributed by atoms with van der Waals surface area (Å²) in [6.45, 7) is 4.76. The number of anilines is 2. The zero-order valence-electron chi connectivity index (χ0n) is 19.9. The van der Waals surface area contributed by atoms with E-state index in [-0.39, 0.29) is 10.8 Å². The molecule has 0 bridgehead atoms. The van der Waals surface area contributed by atoms with Gasteiger partial charge in [-0.1, -0.05) is 105 Å². The standard InChI is InChI=1S/C34H25N/c1-33(2)25-13-5-3-11-21(25)23-19-24-22-12-4-6-14-26(22)34(30(24)20-29(23)33)27-15-7-9-17-31(27)35-32-18-10-8-16-28(32)34/h3-20,35H,1-2H3. The molecule has 2 aliphatic carbocycles. The van der Waals surface area contributed by atoms with Crippen molar-refractivity contribution in [1.82, 2.24) is 0 Å². The fourth-order valence-electron chi connectivity index (χ4n) is 7.18. The molecule has 166 valence electrons. The van der Waals surface area contributed by atoms with E-state index in [0.717, 1.165) is 0 Å². The summed E-state index contributed by atoms with van der Waals surface area (Å²) in [7, 11) is 0. The van der Waals surface area contributed by atoms with Crippen molar-refractivity contribution in [3.63, 3.8) is 0 Å². The second kappa shape index (κ2) is 6.31. The van der Waals surface area contributed by atoms with E-state index in [1.807, 2.05) is 0 Å². The van der Waals surface area contributed by atoms with E-state index >= 15 is 0 Å². The van der Waals surface area contributed by atoms with Crippen LogP contribution in [0.2, 0.25) is 0 Å². The van der Waals surface area contributed by atoms with Gasteiger partial charge in [0.1, 0.15) is 0 Å². The van der Waals surface area contributed by atoms with E-state index in [2.05, 4.69) is 128 Å². The van der Waals surface area contributed by atoms with Crippen molar-refractivity contribution in [1.29, 1.82) is 0 Å². The molecule has 0 saturated heterocycles. The molecule has 0 unspecified atom stereocenters. The van der Waals surface area contributed by atoms with Crippen LogP contribution in [0.4, 0.5) is 11.4 Å². The highest BCUT2D eigenvalue weighted by Crippen LogP contribution is 2.63. The van der Waals surface area contributed by atoms with Crippen LogP contribution in [0.1, 0.15) is 47.2 Å². The molecular weight excluding hydrogens is 422 g/mol. The van der Waals surface area contributed by atoms with Gasteiger partial charge in [0, 0.05) is 16.8 Å². The van der Waals surface area contributed by atoms with Crippen LogP contribution in [0.25, 0.3) is 22.3 Å². The molecule has 1 heterocycles. The van der Waals surface area contributed by atoms with Crippen LogP contribution in [-0.2, 0) is 10.8 Å². The number of rotatable bonds is 0. The zero-order valence-corrected chi connectivity index (χ0v) is 19.9. The van der Waals surface area contributed by atoms with Crippen LogP contribution in [0.5, 0.6) is 0 Å². The molecule has 1 N–H and O–H groups in total. The molecule has 35 heavy (non-hydrogen) atoms. The van der Waals surface area contributed by atoms with Gasteiger partial charge in [0.2, 0.25) is 0 Å². The number of hydrogen-bond donors (Lipinski definition) is 1. The Balaban J connectivity index is 1.56. The SMILES string of the molecule is CC1(C)c2ccccc2-c2cc3c(cc21)C1(c2ccccc2Nc2ccccc21)c1ccccc1-3. The third-order valence-corrected chi connectivity index (χ3v) is 8.68. The predicted octanol–water partition coefficient (Wildman–Crippen LogP) is 8.41. The largest absolute Gasteiger partial charge is 0.355 e. The molecule has 0 aromatic heterocycles. The van der Waals surface area contributed by atoms with Crippen molar-refractivity contribution in [2.45, 2.75) is 24.7 Å². The Bertz CT molecular complexity index is 1660. The average Bonchev–Trinajstić information content (AvgIpc) is 3.30. The van der Waals surface area contributed by atoms with Crippen LogP contribution < -0.4 is 5.32 Å². The number of benzene rings is 5. The molecule has 0 radical (unpaired) electrons. The van der Waals surface area contributed by atoms with E-state index < -0.39 is 0 Å². The highest BCUT2D eigenvalue weighted by molar-refractivity contribution is 5.96. The maximum atomic E-state index is 3.74. The number of hydrogen-bond acceptors (Lipinski definition) is 1. The fraction of sp³-hybridized carbons (Fsp3) is 0.118. The Hall–Kier alpha value is -4.10. The van der Waals surface area contributed by atoms with Crippen molar-refractivity contribution in [3.05, 3.63) is 143 Å². The van der Waals surface area contributed by atoms with Gasteiger partial charge in [-0.25, -0.2) is 0 Å². The first-order valence-corrected chi connectivity index (χ1v) is 12.5. The number of nitrogens with one attached hydrogen (secondary N) is 1. The van der Waals surface area contributed by atoms with Gasteiger partial charge < -0.3 is 5.32 Å². The molecule has 0 atom stereocenters. The molecule has 8 rings (SSSR count). The average molecular weight is 448 g/mol. The van der Waals surface area contributed by atoms with Crippen LogP contribution in [0.3, 0.4) is 0 Å². The summed E-state index contributed by atoms with van der Waals surface area (Å²) in [5.41, 5.74) is 15.8. The van der Waals surface area contributed by atoms with Gasteiger partial charge in [-0.2, -0.15) is 0 Å². The topological polar surface area (TPSA) is 12.0 Å². The van der Waals surface area contributed by atoms with Crippen molar-refractivity contribution in [2.75, 3.05) is 5.32 Å². The highest BCUT2D eigenvalue weighted by atomic mass is 14.9. The van der Waals surface area contributed by atoms with Crippen LogP contribution in [-0.4, -0.2) is 0 Å². The molecule has 1 spiro atoms. The minimum absolute atomic E-state index is 0.0388. The van der Waals surface area contributed by atoms with Gasteiger partial charge in [-0.3, -0.25) is 0 Å². The van der Waals surface area contributed by atoms with Crippen molar-refractivity contribution in [3.8, 4) is 22.3 Å². The Morgan fingerprint density at radius 2 is 0.914 bits per heavy atom. The van der Waals surface area contributed by atoms with Gasteiger partial charge in [0.05, 0.1) is 5.41 Å². The van der Waals surface area contributed by atoms with Crippen LogP contribution >= 0.6 is 0 Å². The minimum atomic E-state index is -0.343. The Labute approximate surface area is 206 Å². The minimum Gasteiger partial charge on any atom is -0.355 e. The third kappa shape index (κ3) is 2.16. The molecule has 1 heteroatoms. The molecule has 0 saturated carbocycles. The molecule has 5 aromatic rings. The number of fused-ring (bicyclic) bond motifs is 12. The summed E-state index contributed by atoms with van der Waals surface area (Å²) in [4.78, 5) is 0. The lowest BCUT2D eigenvalue weighted by molar-refractivity contribution is 0.656. The third-order valence-electron chi connectivity index (χ3n) is 8.68. The highest BCUT2D eigenvalue weighted by Gasteiger charge is 2.51. The number of para-hydroxylation sites is 2. The first-order chi connectivity index (χ1) is 17.1. The first-order valence-electron chi connectivity index (χ1n) is 12.5. The zero-order chi connectivity index (χ0) is 23.4. The van der Waals surface area contributed by atoms with Crippen LogP contribution in [0, 0.1) is 0 Å². The fourth-order valence-corrected chi connectivity index (χ4v) is 7.18. The lowest BCUT2D eigenvalue weighted by Gasteiger charge is -2.40. The van der Waals surface area contributed by atoms with Crippen molar-refractivity contribution < 1.29 is 0 Å². The summed E-state index contributed by atoms with van der Waals surface area (Å²) < 4.78 is 0. The maximum absolute atomic E-state index is 3.74. The summed E-state index contributed by atoms with van der Waals surface area (Å²) >= 11 is 0. The van der Waals surface area contributed by atoms with E-state index in [1.165, 1.54) is 67.0 Å². The van der Waals surface area contributed by atoms with Gasteiger partial charge >= 0.3 is 0 Å². The lowest BCUT2D eigenvalue weighted by Crippen LogP contribution is -2.33. The summed E-state index contributed by atoms with van der Waals surface area (Å²) in [5.74, 6) is 0. The van der Waals surface area contributed by atoms with Crippen molar-refractivity contribution >= 4 is 11.4 Å². The molecule has 0 amide bonds. The summed E-state index contributed by atoms with van der Waals surface area (Å²) in [6, 6.07) is 40.7. The van der Waals surface area contributed by atoms with Gasteiger partial charge in [-0.15, -0.1) is 0 Å². The quantitative estimate of drug-likeness (QED) is 0.246. The molecule has 5 aromatic carbocycles. The summed E-state index contributed by atoms with van der Waals surface area (Å²) in [5, 5.41) is 3.74. The molecular formula is C34H25N. The van der Waals surface area contributed by atoms with E-state index in [1.54, 1.807) is 0 Å². The second-order valence-corrected chi connectivity index (χ2v) is 10.6. The Morgan fingerprint density at radius 1 is 0.429 bits per heavy atom.